The van der Waals surface area contributed by atoms with E-state index in [4.69, 9.17) is 0 Å². The molecule has 0 aliphatic rings. The van der Waals surface area contributed by atoms with Gasteiger partial charge in [-0.2, -0.15) is 0 Å². The molecule has 0 nitrogen and oxygen atoms in total. The Labute approximate surface area is 75.8 Å². The van der Waals surface area contributed by atoms with E-state index in [1.165, 1.54) is 57.5 Å². The molecule has 0 rings (SSSR count). The molecule has 0 spiro atoms. The summed E-state index contributed by atoms with van der Waals surface area (Å²) in [6.45, 7) is 2.27. The minimum atomic E-state index is 0. The van der Waals surface area contributed by atoms with Gasteiger partial charge in [-0.25, -0.2) is 0 Å². The van der Waals surface area contributed by atoms with Crippen LogP contribution in [-0.4, -0.2) is 6.16 Å². The lowest BCUT2D eigenvalue weighted by molar-refractivity contribution is 0.586. The largest absolute Gasteiger partial charge is 1.00 e. The molecule has 0 aromatic rings. The zero-order valence-electron chi connectivity index (χ0n) is 8.94. The molecule has 11 heavy (non-hydrogen) atoms. The second kappa shape index (κ2) is 10.4. The average molecular weight is 175 g/mol. The van der Waals surface area contributed by atoms with Crippen LogP contribution in [0.1, 0.15) is 59.7 Å². The van der Waals surface area contributed by atoms with E-state index in [-0.39, 0.29) is 1.43 Å². The van der Waals surface area contributed by atoms with Gasteiger partial charge in [-0.1, -0.05) is 51.9 Å². The highest BCUT2D eigenvalue weighted by Gasteiger charge is 1.89. The Balaban J connectivity index is 0. The maximum Gasteiger partial charge on any atom is 1.00 e. The zero-order chi connectivity index (χ0) is 8.36. The summed E-state index contributed by atoms with van der Waals surface area (Å²) in [5.41, 5.74) is 0. The van der Waals surface area contributed by atoms with E-state index in [1.807, 2.05) is 0 Å². The third-order valence-electron chi connectivity index (χ3n) is 2.06. The van der Waals surface area contributed by atoms with E-state index >= 15 is 0 Å². The van der Waals surface area contributed by atoms with Gasteiger partial charge < -0.3 is 0 Å². The van der Waals surface area contributed by atoms with Crippen LogP contribution in [0.25, 0.3) is 0 Å². The molecule has 0 aliphatic heterocycles. The molecule has 1 unspecified atom stereocenters. The summed E-state index contributed by atoms with van der Waals surface area (Å²) in [4.78, 5) is 0. The molecule has 1 heteroatoms. The Morgan fingerprint density at radius 3 is 1.73 bits per heavy atom. The lowest BCUT2D eigenvalue weighted by Crippen LogP contribution is -1.80. The molecule has 0 bridgehead atoms. The lowest BCUT2D eigenvalue weighted by atomic mass is 10.1. The molecule has 0 amide bonds. The SMILES string of the molecule is CCCCCCCCCCP.[H+]. The van der Waals surface area contributed by atoms with Crippen LogP contribution in [0.5, 0.6) is 0 Å². The fraction of sp³-hybridized carbons (Fsp3) is 1.00. The van der Waals surface area contributed by atoms with Gasteiger partial charge in [0.25, 0.3) is 0 Å². The molecule has 0 N–H and O–H groups in total. The van der Waals surface area contributed by atoms with Crippen LogP contribution in [-0.2, 0) is 0 Å². The summed E-state index contributed by atoms with van der Waals surface area (Å²) in [7, 11) is 2.79. The van der Waals surface area contributed by atoms with Gasteiger partial charge in [0, 0.05) is 0 Å². The Bertz CT molecular complexity index is 58.9. The van der Waals surface area contributed by atoms with Crippen LogP contribution in [0.2, 0.25) is 0 Å². The van der Waals surface area contributed by atoms with Crippen molar-refractivity contribution in [2.24, 2.45) is 0 Å². The van der Waals surface area contributed by atoms with Gasteiger partial charge >= 0.3 is 1.43 Å². The maximum atomic E-state index is 2.79. The average Bonchev–Trinajstić information content (AvgIpc) is 2.03. The van der Waals surface area contributed by atoms with Crippen LogP contribution < -0.4 is 0 Å². The predicted octanol–water partition coefficient (Wildman–Crippen LogP) is 4.11. The van der Waals surface area contributed by atoms with Crippen molar-refractivity contribution in [2.45, 2.75) is 58.3 Å². The maximum absolute atomic E-state index is 2.79. The van der Waals surface area contributed by atoms with E-state index in [9.17, 15) is 0 Å². The molecular weight excluding hydrogens is 151 g/mol. The van der Waals surface area contributed by atoms with Crippen LogP contribution in [0.4, 0.5) is 0 Å². The van der Waals surface area contributed by atoms with Crippen LogP contribution in [0, 0.1) is 0 Å². The fourth-order valence-electron chi connectivity index (χ4n) is 1.28. The summed E-state index contributed by atoms with van der Waals surface area (Å²) >= 11 is 0. The molecule has 1 atom stereocenters. The first-order valence-electron chi connectivity index (χ1n) is 5.12. The highest BCUT2D eigenvalue weighted by molar-refractivity contribution is 7.16. The van der Waals surface area contributed by atoms with Crippen molar-refractivity contribution in [3.8, 4) is 0 Å². The van der Waals surface area contributed by atoms with Gasteiger partial charge in [-0.05, 0) is 12.6 Å². The molecule has 0 fully saturated rings. The Kier molecular flexibility index (Phi) is 10.8. The van der Waals surface area contributed by atoms with Gasteiger partial charge in [-0.15, -0.1) is 9.24 Å². The summed E-state index contributed by atoms with van der Waals surface area (Å²) in [6.07, 6.45) is 12.8. The van der Waals surface area contributed by atoms with Crippen LogP contribution >= 0.6 is 9.24 Å². The minimum Gasteiger partial charge on any atom is -0.138 e. The zero-order valence-corrected chi connectivity index (χ0v) is 9.10. The van der Waals surface area contributed by atoms with Gasteiger partial charge in [-0.3, -0.25) is 0 Å². The Hall–Kier alpha value is 0.430. The monoisotopic (exact) mass is 175 g/mol. The molecule has 0 aromatic carbocycles. The molecule has 0 saturated heterocycles. The topological polar surface area (TPSA) is 0 Å². The van der Waals surface area contributed by atoms with Crippen molar-refractivity contribution in [1.29, 1.82) is 0 Å². The molecule has 0 aromatic heterocycles. The van der Waals surface area contributed by atoms with Crippen molar-refractivity contribution >= 4 is 9.24 Å². The third kappa shape index (κ3) is 10.4. The lowest BCUT2D eigenvalue weighted by Gasteiger charge is -1.98. The van der Waals surface area contributed by atoms with Gasteiger partial charge in [0.1, 0.15) is 0 Å². The molecule has 0 heterocycles. The normalized spacial score (nSPS) is 10.4. The summed E-state index contributed by atoms with van der Waals surface area (Å²) in [5, 5.41) is 0. The van der Waals surface area contributed by atoms with Crippen molar-refractivity contribution in [3.63, 3.8) is 0 Å². The Morgan fingerprint density at radius 1 is 0.818 bits per heavy atom. The van der Waals surface area contributed by atoms with Gasteiger partial charge in [0.05, 0.1) is 0 Å². The van der Waals surface area contributed by atoms with Gasteiger partial charge in [0.2, 0.25) is 0 Å². The molecule has 68 valence electrons. The molecular formula is C10H24P+. The predicted molar refractivity (Wildman–Crippen MR) is 58.3 cm³/mol. The highest BCUT2D eigenvalue weighted by atomic mass is 31.0. The number of rotatable bonds is 8. The first-order chi connectivity index (χ1) is 5.41. The summed E-state index contributed by atoms with van der Waals surface area (Å²) in [6, 6.07) is 0. The van der Waals surface area contributed by atoms with Crippen molar-refractivity contribution in [3.05, 3.63) is 0 Å². The van der Waals surface area contributed by atoms with E-state index in [0.29, 0.717) is 0 Å². The smallest absolute Gasteiger partial charge is 0.138 e. The fourth-order valence-corrected chi connectivity index (χ4v) is 1.57. The van der Waals surface area contributed by atoms with Crippen molar-refractivity contribution in [1.82, 2.24) is 0 Å². The third-order valence-corrected chi connectivity index (χ3v) is 2.47. The quantitative estimate of drug-likeness (QED) is 0.384. The first kappa shape index (κ1) is 11.4. The summed E-state index contributed by atoms with van der Waals surface area (Å²) < 4.78 is 0. The highest BCUT2D eigenvalue weighted by Crippen LogP contribution is 2.08. The van der Waals surface area contributed by atoms with E-state index < -0.39 is 0 Å². The Morgan fingerprint density at radius 2 is 1.27 bits per heavy atom. The summed E-state index contributed by atoms with van der Waals surface area (Å²) in [5.74, 6) is 0. The van der Waals surface area contributed by atoms with Crippen molar-refractivity contribution in [2.75, 3.05) is 6.16 Å². The van der Waals surface area contributed by atoms with E-state index in [0.717, 1.165) is 0 Å². The number of hydrogen-bond donors (Lipinski definition) is 0. The minimum absolute atomic E-state index is 0. The second-order valence-corrected chi connectivity index (χ2v) is 3.84. The van der Waals surface area contributed by atoms with Crippen LogP contribution in [0.3, 0.4) is 0 Å². The van der Waals surface area contributed by atoms with E-state index in [1.54, 1.807) is 0 Å². The second-order valence-electron chi connectivity index (χ2n) is 3.26. The molecule has 0 aliphatic carbocycles. The molecule has 0 saturated carbocycles. The van der Waals surface area contributed by atoms with E-state index in [2.05, 4.69) is 16.2 Å². The number of unbranched alkanes of at least 4 members (excludes halogenated alkanes) is 7. The number of hydrogen-bond acceptors (Lipinski definition) is 0. The van der Waals surface area contributed by atoms with Crippen LogP contribution in [0.15, 0.2) is 0 Å². The first-order valence-corrected chi connectivity index (χ1v) is 5.93. The standard InChI is InChI=1S/C10H23P/c1-2-3-4-5-6-7-8-9-10-11/h2-11H2,1H3/p+1. The van der Waals surface area contributed by atoms with Gasteiger partial charge in [0.15, 0.2) is 0 Å². The van der Waals surface area contributed by atoms with Crippen molar-refractivity contribution < 1.29 is 1.43 Å². The molecule has 0 radical (unpaired) electrons.